The van der Waals surface area contributed by atoms with Gasteiger partial charge in [0.1, 0.15) is 17.4 Å². The molecule has 0 bridgehead atoms. The van der Waals surface area contributed by atoms with Gasteiger partial charge in [0.2, 0.25) is 0 Å². The lowest BCUT2D eigenvalue weighted by Gasteiger charge is -2.18. The zero-order valence-corrected chi connectivity index (χ0v) is 10.6. The summed E-state index contributed by atoms with van der Waals surface area (Å²) in [5, 5.41) is 19.3. The topological polar surface area (TPSA) is 128 Å². The highest BCUT2D eigenvalue weighted by atomic mass is 35.5. The number of carbonyl (C=O) groups is 1. The van der Waals surface area contributed by atoms with E-state index in [9.17, 15) is 19.8 Å². The average Bonchev–Trinajstić information content (AvgIpc) is 2.59. The molecule has 1 fully saturated rings. The molecule has 4 atom stereocenters. The van der Waals surface area contributed by atoms with Crippen LogP contribution in [0.5, 0.6) is 0 Å². The number of primary amides is 1. The minimum atomic E-state index is -1.33. The second kappa shape index (κ2) is 4.89. The first-order valence-corrected chi connectivity index (χ1v) is 5.80. The van der Waals surface area contributed by atoms with E-state index in [1.165, 1.54) is 6.92 Å². The zero-order chi connectivity index (χ0) is 14.3. The monoisotopic (exact) mass is 289 g/mol. The first kappa shape index (κ1) is 13.9. The predicted molar refractivity (Wildman–Crippen MR) is 63.6 cm³/mol. The lowest BCUT2D eigenvalue weighted by atomic mass is 10.1. The molecule has 8 nitrogen and oxygen atoms in total. The van der Waals surface area contributed by atoms with Crippen LogP contribution < -0.4 is 11.3 Å². The Morgan fingerprint density at radius 2 is 2.16 bits per heavy atom. The number of aliphatic hydroxyl groups is 2. The molecule has 4 N–H and O–H groups in total. The first-order valence-electron chi connectivity index (χ1n) is 5.43. The Labute approximate surface area is 112 Å². The molecule has 0 saturated carbocycles. The van der Waals surface area contributed by atoms with Crippen molar-refractivity contribution in [1.82, 2.24) is 9.55 Å². The molecule has 1 saturated heterocycles. The van der Waals surface area contributed by atoms with Gasteiger partial charge in [-0.25, -0.2) is 4.98 Å². The maximum atomic E-state index is 12.0. The van der Waals surface area contributed by atoms with E-state index in [0.29, 0.717) is 0 Å². The lowest BCUT2D eigenvalue weighted by Crippen LogP contribution is -2.38. The number of carbonyl (C=O) groups excluding carboxylic acids is 1. The third kappa shape index (κ3) is 2.35. The Bertz CT molecular complexity index is 575. The smallest absolute Gasteiger partial charge is 0.284 e. The van der Waals surface area contributed by atoms with Gasteiger partial charge in [0.15, 0.2) is 11.9 Å². The van der Waals surface area contributed by atoms with Crippen LogP contribution in [0.1, 0.15) is 23.6 Å². The van der Waals surface area contributed by atoms with Crippen LogP contribution in [0.3, 0.4) is 0 Å². The van der Waals surface area contributed by atoms with E-state index < -0.39 is 41.7 Å². The number of nitrogens with zero attached hydrogens (tertiary/aromatic N) is 2. The highest BCUT2D eigenvalue weighted by molar-refractivity contribution is 6.29. The van der Waals surface area contributed by atoms with E-state index in [4.69, 9.17) is 22.1 Å². The third-order valence-corrected chi connectivity index (χ3v) is 3.07. The van der Waals surface area contributed by atoms with E-state index in [0.717, 1.165) is 10.8 Å². The number of amides is 1. The van der Waals surface area contributed by atoms with E-state index >= 15 is 0 Å². The van der Waals surface area contributed by atoms with Crippen LogP contribution in [0.2, 0.25) is 5.15 Å². The van der Waals surface area contributed by atoms with Gasteiger partial charge in [0, 0.05) is 6.20 Å². The number of hydrogen-bond donors (Lipinski definition) is 3. The second-order valence-electron chi connectivity index (χ2n) is 4.20. The van der Waals surface area contributed by atoms with E-state index in [1.54, 1.807) is 0 Å². The molecule has 0 radical (unpaired) electrons. The fourth-order valence-corrected chi connectivity index (χ4v) is 2.08. The molecule has 0 aromatic carbocycles. The molecule has 1 aromatic heterocycles. The van der Waals surface area contributed by atoms with Crippen molar-refractivity contribution in [2.75, 3.05) is 0 Å². The van der Waals surface area contributed by atoms with Crippen molar-refractivity contribution in [3.8, 4) is 0 Å². The van der Waals surface area contributed by atoms with Crippen molar-refractivity contribution in [2.24, 2.45) is 5.73 Å². The van der Waals surface area contributed by atoms with Crippen molar-refractivity contribution < 1.29 is 19.7 Å². The van der Waals surface area contributed by atoms with E-state index in [1.807, 2.05) is 0 Å². The van der Waals surface area contributed by atoms with Gasteiger partial charge in [0.25, 0.3) is 11.5 Å². The fraction of sp³-hybridized carbons (Fsp3) is 0.500. The molecule has 0 spiro atoms. The van der Waals surface area contributed by atoms with Crippen LogP contribution in [0.15, 0.2) is 11.0 Å². The van der Waals surface area contributed by atoms with Gasteiger partial charge in [-0.05, 0) is 6.92 Å². The molecule has 104 valence electrons. The summed E-state index contributed by atoms with van der Waals surface area (Å²) in [6.45, 7) is 1.54. The summed E-state index contributed by atoms with van der Waals surface area (Å²) < 4.78 is 6.16. The highest BCUT2D eigenvalue weighted by Gasteiger charge is 2.42. The van der Waals surface area contributed by atoms with Crippen LogP contribution in [0.25, 0.3) is 0 Å². The molecule has 1 aromatic rings. The lowest BCUT2D eigenvalue weighted by molar-refractivity contribution is -0.0345. The molecule has 9 heteroatoms. The number of rotatable bonds is 2. The Morgan fingerprint density at radius 1 is 1.53 bits per heavy atom. The second-order valence-corrected chi connectivity index (χ2v) is 4.59. The molecule has 19 heavy (non-hydrogen) atoms. The molecule has 2 rings (SSSR count). The van der Waals surface area contributed by atoms with Crippen LogP contribution in [0.4, 0.5) is 0 Å². The molecule has 2 heterocycles. The largest absolute Gasteiger partial charge is 0.388 e. The van der Waals surface area contributed by atoms with Gasteiger partial charge in [-0.15, -0.1) is 0 Å². The van der Waals surface area contributed by atoms with Crippen molar-refractivity contribution in [1.29, 1.82) is 0 Å². The SMILES string of the molecule is C[C@H]1O[C@@H](n2cc(Cl)nc(C(N)=O)c2=O)[C@H](O)[C@@H]1O. The summed E-state index contributed by atoms with van der Waals surface area (Å²) >= 11 is 5.69. The summed E-state index contributed by atoms with van der Waals surface area (Å²) in [6.07, 6.45) is -3.20. The molecule has 1 aliphatic heterocycles. The van der Waals surface area contributed by atoms with Crippen LogP contribution in [0, 0.1) is 0 Å². The minimum absolute atomic E-state index is 0.154. The Hall–Kier alpha value is -1.48. The van der Waals surface area contributed by atoms with Gasteiger partial charge in [-0.3, -0.25) is 14.2 Å². The van der Waals surface area contributed by atoms with Gasteiger partial charge in [-0.2, -0.15) is 0 Å². The molecular formula is C10H12ClN3O5. The minimum Gasteiger partial charge on any atom is -0.388 e. The van der Waals surface area contributed by atoms with Crippen molar-refractivity contribution in [3.63, 3.8) is 0 Å². The summed E-state index contributed by atoms with van der Waals surface area (Å²) in [4.78, 5) is 26.6. The molecule has 0 unspecified atom stereocenters. The number of hydrogen-bond acceptors (Lipinski definition) is 6. The molecular weight excluding hydrogens is 278 g/mol. The van der Waals surface area contributed by atoms with E-state index in [2.05, 4.69) is 4.98 Å². The maximum Gasteiger partial charge on any atom is 0.284 e. The normalized spacial score (nSPS) is 30.5. The number of nitrogens with two attached hydrogens (primary N) is 1. The van der Waals surface area contributed by atoms with E-state index in [-0.39, 0.29) is 5.15 Å². The summed E-state index contributed by atoms with van der Waals surface area (Å²) in [5.74, 6) is -1.04. The summed E-state index contributed by atoms with van der Waals surface area (Å²) in [6, 6.07) is 0. The quantitative estimate of drug-likeness (QED) is 0.616. The molecule has 1 aliphatic rings. The van der Waals surface area contributed by atoms with Crippen LogP contribution in [-0.2, 0) is 4.74 Å². The average molecular weight is 290 g/mol. The van der Waals surface area contributed by atoms with Gasteiger partial charge in [-0.1, -0.05) is 11.6 Å². The molecule has 1 amide bonds. The standard InChI is InChI=1S/C10H12ClN3O5/c1-3-6(15)7(16)10(19-3)14-2-4(11)13-5(8(12)17)9(14)18/h2-3,6-7,10,15-16H,1H3,(H2,12,17)/t3-,6-,7-,10-/m1/s1. The summed E-state index contributed by atoms with van der Waals surface area (Å²) in [5.41, 5.74) is 3.61. The number of aromatic nitrogens is 2. The number of halogens is 1. The van der Waals surface area contributed by atoms with Crippen LogP contribution in [-0.4, -0.2) is 44.0 Å². The Kier molecular flexibility index (Phi) is 3.59. The maximum absolute atomic E-state index is 12.0. The first-order chi connectivity index (χ1) is 8.82. The van der Waals surface area contributed by atoms with Crippen molar-refractivity contribution in [3.05, 3.63) is 27.4 Å². The Morgan fingerprint density at radius 3 is 2.63 bits per heavy atom. The van der Waals surface area contributed by atoms with Crippen molar-refractivity contribution >= 4 is 17.5 Å². The molecule has 0 aliphatic carbocycles. The number of aliphatic hydroxyl groups excluding tert-OH is 2. The van der Waals surface area contributed by atoms with Crippen molar-refractivity contribution in [2.45, 2.75) is 31.5 Å². The van der Waals surface area contributed by atoms with Crippen LogP contribution >= 0.6 is 11.6 Å². The highest BCUT2D eigenvalue weighted by Crippen LogP contribution is 2.28. The summed E-state index contributed by atoms with van der Waals surface area (Å²) in [7, 11) is 0. The van der Waals surface area contributed by atoms with Gasteiger partial charge >= 0.3 is 0 Å². The Balaban J connectivity index is 2.52. The zero-order valence-electron chi connectivity index (χ0n) is 9.86. The predicted octanol–water partition coefficient (Wildman–Crippen LogP) is -1.37. The van der Waals surface area contributed by atoms with Gasteiger partial charge < -0.3 is 20.7 Å². The van der Waals surface area contributed by atoms with Gasteiger partial charge in [0.05, 0.1) is 6.10 Å². The number of ether oxygens (including phenoxy) is 1. The fourth-order valence-electron chi connectivity index (χ4n) is 1.89. The third-order valence-electron chi connectivity index (χ3n) is 2.89.